The lowest BCUT2D eigenvalue weighted by molar-refractivity contribution is -0.205. The summed E-state index contributed by atoms with van der Waals surface area (Å²) < 4.78 is 5.60. The van der Waals surface area contributed by atoms with E-state index in [9.17, 15) is 35.1 Å². The molecular weight excluding hydrogens is 438 g/mol. The standard InChI is InChI=1S/C22H29NO8S/c24-8-15-17(25)18(26)19(27)22(31-15)32-9-14-10-5-6-11(7-10)16(14)23-20(28)12-3-1-2-4-13(12)21(29)30/h1-4,10-11,14-19,22,24-27H,5-9H2,(H,23,28)(H,29,30)/t10?,11?,14?,15-,16?,17+,18+,19-,22+/m1/s1. The highest BCUT2D eigenvalue weighted by molar-refractivity contribution is 7.99. The highest BCUT2D eigenvalue weighted by Gasteiger charge is 2.49. The number of aliphatic hydroxyl groups excluding tert-OH is 4. The number of thioether (sulfide) groups is 1. The van der Waals surface area contributed by atoms with Crippen molar-refractivity contribution in [3.05, 3.63) is 35.4 Å². The van der Waals surface area contributed by atoms with Gasteiger partial charge in [0.2, 0.25) is 0 Å². The van der Waals surface area contributed by atoms with Crippen LogP contribution in [0, 0.1) is 17.8 Å². The number of benzene rings is 1. The monoisotopic (exact) mass is 467 g/mol. The lowest BCUT2D eigenvalue weighted by Crippen LogP contribution is -2.57. The van der Waals surface area contributed by atoms with E-state index >= 15 is 0 Å². The smallest absolute Gasteiger partial charge is 0.336 e. The number of fused-ring (bicyclic) bond motifs is 2. The largest absolute Gasteiger partial charge is 0.478 e. The summed E-state index contributed by atoms with van der Waals surface area (Å²) in [5.41, 5.74) is -0.725. The van der Waals surface area contributed by atoms with Crippen molar-refractivity contribution in [3.63, 3.8) is 0 Å². The number of aromatic carboxylic acids is 1. The third-order valence-electron chi connectivity index (χ3n) is 7.09. The van der Waals surface area contributed by atoms with Gasteiger partial charge in [0.05, 0.1) is 17.7 Å². The fourth-order valence-corrected chi connectivity index (χ4v) is 6.85. The van der Waals surface area contributed by atoms with Crippen LogP contribution in [0.3, 0.4) is 0 Å². The first-order valence-electron chi connectivity index (χ1n) is 10.9. The van der Waals surface area contributed by atoms with Crippen LogP contribution >= 0.6 is 11.8 Å². The minimum atomic E-state index is -1.42. The summed E-state index contributed by atoms with van der Waals surface area (Å²) in [4.78, 5) is 24.4. The van der Waals surface area contributed by atoms with Crippen LogP contribution < -0.4 is 5.32 Å². The molecule has 1 aliphatic heterocycles. The van der Waals surface area contributed by atoms with Crippen LogP contribution in [0.25, 0.3) is 0 Å². The molecule has 1 aromatic rings. The normalized spacial score (nSPS) is 38.6. The molecule has 9 atom stereocenters. The number of carboxylic acid groups (broad SMARTS) is 1. The molecule has 176 valence electrons. The molecule has 6 N–H and O–H groups in total. The lowest BCUT2D eigenvalue weighted by Gasteiger charge is -2.40. The minimum absolute atomic E-state index is 0.0413. The molecule has 2 aliphatic carbocycles. The molecule has 2 saturated carbocycles. The van der Waals surface area contributed by atoms with Crippen molar-refractivity contribution >= 4 is 23.6 Å². The minimum Gasteiger partial charge on any atom is -0.478 e. The van der Waals surface area contributed by atoms with Gasteiger partial charge < -0.3 is 35.6 Å². The van der Waals surface area contributed by atoms with E-state index in [-0.39, 0.29) is 23.1 Å². The van der Waals surface area contributed by atoms with E-state index in [4.69, 9.17) is 4.74 Å². The second kappa shape index (κ2) is 9.66. The van der Waals surface area contributed by atoms with Crippen LogP contribution in [0.2, 0.25) is 0 Å². The van der Waals surface area contributed by atoms with Gasteiger partial charge in [0, 0.05) is 11.8 Å². The summed E-state index contributed by atoms with van der Waals surface area (Å²) in [6.45, 7) is -0.474. The summed E-state index contributed by atoms with van der Waals surface area (Å²) in [5, 5.41) is 52.1. The lowest BCUT2D eigenvalue weighted by atomic mass is 9.85. The molecule has 3 aliphatic rings. The van der Waals surface area contributed by atoms with Crippen LogP contribution in [0.5, 0.6) is 0 Å². The molecule has 32 heavy (non-hydrogen) atoms. The predicted octanol–water partition coefficient (Wildman–Crippen LogP) is 0.0624. The molecule has 1 heterocycles. The zero-order valence-corrected chi connectivity index (χ0v) is 18.2. The molecule has 4 rings (SSSR count). The number of hydrogen-bond donors (Lipinski definition) is 6. The average molecular weight is 468 g/mol. The number of rotatable bonds is 7. The third-order valence-corrected chi connectivity index (χ3v) is 8.39. The molecule has 9 nitrogen and oxygen atoms in total. The Bertz CT molecular complexity index is 851. The fourth-order valence-electron chi connectivity index (χ4n) is 5.38. The van der Waals surface area contributed by atoms with Crippen molar-refractivity contribution in [2.75, 3.05) is 12.4 Å². The first kappa shape index (κ1) is 23.5. The van der Waals surface area contributed by atoms with E-state index in [0.29, 0.717) is 17.6 Å². The summed E-state index contributed by atoms with van der Waals surface area (Å²) in [6, 6.07) is 6.00. The van der Waals surface area contributed by atoms with E-state index in [1.165, 1.54) is 23.9 Å². The maximum absolute atomic E-state index is 12.9. The number of ether oxygens (including phenoxy) is 1. The van der Waals surface area contributed by atoms with Crippen molar-refractivity contribution in [2.24, 2.45) is 17.8 Å². The summed E-state index contributed by atoms with van der Waals surface area (Å²) >= 11 is 1.30. The molecular formula is C22H29NO8S. The Morgan fingerprint density at radius 3 is 2.41 bits per heavy atom. The SMILES string of the molecule is O=C(O)c1ccccc1C(=O)NC1C2CCC(C2)C1CS[C@@H]1O[C@H](CO)[C@H](O)[C@H](O)[C@H]1O. The number of amides is 1. The summed E-state index contributed by atoms with van der Waals surface area (Å²) in [6.07, 6.45) is -2.04. The van der Waals surface area contributed by atoms with Gasteiger partial charge in [0.1, 0.15) is 29.9 Å². The second-order valence-corrected chi connectivity index (χ2v) is 10.0. The van der Waals surface area contributed by atoms with Gasteiger partial charge in [0.25, 0.3) is 5.91 Å². The maximum Gasteiger partial charge on any atom is 0.336 e. The first-order valence-corrected chi connectivity index (χ1v) is 11.9. The number of carbonyl (C=O) groups excluding carboxylic acids is 1. The number of hydrogen-bond acceptors (Lipinski definition) is 8. The van der Waals surface area contributed by atoms with Gasteiger partial charge in [-0.05, 0) is 49.1 Å². The topological polar surface area (TPSA) is 157 Å². The van der Waals surface area contributed by atoms with Crippen molar-refractivity contribution in [1.82, 2.24) is 5.32 Å². The summed E-state index contributed by atoms with van der Waals surface area (Å²) in [5.74, 6) is -0.206. The van der Waals surface area contributed by atoms with Gasteiger partial charge in [-0.25, -0.2) is 4.79 Å². The van der Waals surface area contributed by atoms with Crippen molar-refractivity contribution < 1.29 is 39.9 Å². The molecule has 0 aromatic heterocycles. The van der Waals surface area contributed by atoms with Crippen molar-refractivity contribution in [1.29, 1.82) is 0 Å². The first-order chi connectivity index (χ1) is 15.3. The predicted molar refractivity (Wildman–Crippen MR) is 115 cm³/mol. The highest BCUT2D eigenvalue weighted by Crippen LogP contribution is 2.50. The van der Waals surface area contributed by atoms with Crippen LogP contribution in [0.15, 0.2) is 24.3 Å². The molecule has 0 radical (unpaired) electrons. The highest BCUT2D eigenvalue weighted by atomic mass is 32.2. The summed E-state index contributed by atoms with van der Waals surface area (Å²) in [7, 11) is 0. The van der Waals surface area contributed by atoms with Crippen molar-refractivity contribution in [3.8, 4) is 0 Å². The molecule has 3 fully saturated rings. The zero-order chi connectivity index (χ0) is 23.0. The van der Waals surface area contributed by atoms with Crippen molar-refractivity contribution in [2.45, 2.75) is 55.2 Å². The van der Waals surface area contributed by atoms with Gasteiger partial charge in [-0.2, -0.15) is 0 Å². The van der Waals surface area contributed by atoms with Crippen LogP contribution in [0.1, 0.15) is 40.0 Å². The molecule has 2 bridgehead atoms. The van der Waals surface area contributed by atoms with Gasteiger partial charge >= 0.3 is 5.97 Å². The van der Waals surface area contributed by atoms with E-state index < -0.39 is 48.3 Å². The Morgan fingerprint density at radius 2 is 1.72 bits per heavy atom. The Balaban J connectivity index is 1.44. The Labute approximate surface area is 189 Å². The molecule has 1 aromatic carbocycles. The quantitative estimate of drug-likeness (QED) is 0.326. The number of carboxylic acids is 1. The third kappa shape index (κ3) is 4.40. The van der Waals surface area contributed by atoms with E-state index in [2.05, 4.69) is 5.32 Å². The zero-order valence-electron chi connectivity index (χ0n) is 17.4. The fraction of sp³-hybridized carbons (Fsp3) is 0.636. The Morgan fingerprint density at radius 1 is 1.03 bits per heavy atom. The van der Waals surface area contributed by atoms with E-state index in [0.717, 1.165) is 19.3 Å². The molecule has 10 heteroatoms. The number of carbonyl (C=O) groups is 2. The van der Waals surface area contributed by atoms with Gasteiger partial charge in [-0.1, -0.05) is 12.1 Å². The van der Waals surface area contributed by atoms with E-state index in [1.807, 2.05) is 0 Å². The molecule has 1 saturated heterocycles. The van der Waals surface area contributed by atoms with E-state index in [1.54, 1.807) is 12.1 Å². The Hall–Kier alpha value is -1.69. The maximum atomic E-state index is 12.9. The molecule has 0 spiro atoms. The average Bonchev–Trinajstić information content (AvgIpc) is 3.39. The van der Waals surface area contributed by atoms with Crippen LogP contribution in [-0.2, 0) is 4.74 Å². The van der Waals surface area contributed by atoms with Gasteiger partial charge in [-0.3, -0.25) is 4.79 Å². The van der Waals surface area contributed by atoms with Gasteiger partial charge in [-0.15, -0.1) is 11.8 Å². The number of aliphatic hydroxyl groups is 4. The van der Waals surface area contributed by atoms with Gasteiger partial charge in [0.15, 0.2) is 0 Å². The second-order valence-electron chi connectivity index (χ2n) is 8.88. The Kier molecular flexibility index (Phi) is 7.09. The molecule has 4 unspecified atom stereocenters. The molecule has 1 amide bonds. The number of nitrogens with one attached hydrogen (secondary N) is 1. The van der Waals surface area contributed by atoms with Crippen LogP contribution in [0.4, 0.5) is 0 Å². The van der Waals surface area contributed by atoms with Crippen LogP contribution in [-0.4, -0.2) is 85.7 Å².